The third-order valence-corrected chi connectivity index (χ3v) is 5.01. The van der Waals surface area contributed by atoms with Crippen LogP contribution in [-0.2, 0) is 14.3 Å². The summed E-state index contributed by atoms with van der Waals surface area (Å²) in [6, 6.07) is 0.113. The molecule has 7 nitrogen and oxygen atoms in total. The maximum atomic E-state index is 11.0. The van der Waals surface area contributed by atoms with Gasteiger partial charge in [0, 0.05) is 12.8 Å². The smallest absolute Gasteiger partial charge is 0.302 e. The van der Waals surface area contributed by atoms with Crippen LogP contribution in [0.1, 0.15) is 26.3 Å². The summed E-state index contributed by atoms with van der Waals surface area (Å²) < 4.78 is 13.0. The number of esters is 1. The largest absolute Gasteiger partial charge is 0.465 e. The van der Waals surface area contributed by atoms with Gasteiger partial charge in [-0.1, -0.05) is 11.6 Å². The molecule has 0 unspecified atom stereocenters. The summed E-state index contributed by atoms with van der Waals surface area (Å²) in [5.74, 6) is -0.0991. The Balaban J connectivity index is 1.64. The number of carbonyl (C=O) groups is 1. The Labute approximate surface area is 131 Å². The van der Waals surface area contributed by atoms with Crippen LogP contribution in [0, 0.1) is 5.92 Å². The third kappa shape index (κ3) is 1.92. The predicted octanol–water partition coefficient (Wildman–Crippen LogP) is 1.76. The van der Waals surface area contributed by atoms with Crippen LogP contribution in [0.2, 0.25) is 5.15 Å². The molecule has 0 amide bonds. The standard InChI is InChI=1S/C14H15ClN4O3/c1-7(20)21-4-8-3-9(11-14(8,2)22-11)19-6-18-10-12(15)16-5-17-13(10)19/h5-6,8-9,11H,3-4H2,1-2H3/t8-,9-,11+,14-/m1/s1. The molecule has 4 rings (SSSR count). The summed E-state index contributed by atoms with van der Waals surface area (Å²) in [6.07, 6.45) is 4.09. The molecule has 0 aromatic carbocycles. The summed E-state index contributed by atoms with van der Waals surface area (Å²) in [5.41, 5.74) is 1.05. The molecule has 0 radical (unpaired) electrons. The first-order chi connectivity index (χ1) is 10.5. The predicted molar refractivity (Wildman–Crippen MR) is 77.4 cm³/mol. The maximum Gasteiger partial charge on any atom is 0.302 e. The Hall–Kier alpha value is -1.73. The third-order valence-electron chi connectivity index (χ3n) is 4.73. The zero-order valence-corrected chi connectivity index (χ0v) is 12.9. The molecule has 0 spiro atoms. The molecule has 1 aliphatic heterocycles. The molecule has 2 aliphatic rings. The van der Waals surface area contributed by atoms with E-state index in [0.717, 1.165) is 6.42 Å². The second-order valence-electron chi connectivity index (χ2n) is 6.01. The number of nitrogens with zero attached hydrogens (tertiary/aromatic N) is 4. The van der Waals surface area contributed by atoms with Crippen molar-refractivity contribution in [3.05, 3.63) is 17.8 Å². The van der Waals surface area contributed by atoms with E-state index in [0.29, 0.717) is 22.9 Å². The van der Waals surface area contributed by atoms with Crippen molar-refractivity contribution in [1.82, 2.24) is 19.5 Å². The molecule has 1 saturated heterocycles. The van der Waals surface area contributed by atoms with Gasteiger partial charge in [0.25, 0.3) is 0 Å². The van der Waals surface area contributed by atoms with Crippen molar-refractivity contribution in [2.24, 2.45) is 5.92 Å². The number of fused-ring (bicyclic) bond motifs is 2. The number of rotatable bonds is 3. The second kappa shape index (κ2) is 4.63. The average Bonchev–Trinajstić information content (AvgIpc) is 2.87. The summed E-state index contributed by atoms with van der Waals surface area (Å²) >= 11 is 6.05. The Morgan fingerprint density at radius 1 is 1.55 bits per heavy atom. The van der Waals surface area contributed by atoms with E-state index in [9.17, 15) is 4.79 Å². The molecule has 0 N–H and O–H groups in total. The number of ether oxygens (including phenoxy) is 2. The number of imidazole rings is 1. The SMILES string of the molecule is CC(=O)OC[C@H]1C[C@@H](n2cnc3c(Cl)ncnc32)[C@@H]2O[C@]12C. The van der Waals surface area contributed by atoms with Gasteiger partial charge in [-0.15, -0.1) is 0 Å². The van der Waals surface area contributed by atoms with E-state index in [2.05, 4.69) is 21.9 Å². The summed E-state index contributed by atoms with van der Waals surface area (Å²) in [7, 11) is 0. The molecule has 2 aromatic rings. The van der Waals surface area contributed by atoms with Gasteiger partial charge in [0.2, 0.25) is 0 Å². The fourth-order valence-corrected chi connectivity index (χ4v) is 3.63. The summed E-state index contributed by atoms with van der Waals surface area (Å²) in [5, 5.41) is 0.345. The van der Waals surface area contributed by atoms with Crippen LogP contribution < -0.4 is 0 Å². The summed E-state index contributed by atoms with van der Waals surface area (Å²) in [4.78, 5) is 23.6. The quantitative estimate of drug-likeness (QED) is 0.486. The first-order valence-electron chi connectivity index (χ1n) is 7.15. The Kier molecular flexibility index (Phi) is 2.93. The molecule has 116 valence electrons. The van der Waals surface area contributed by atoms with Crippen LogP contribution in [0.5, 0.6) is 0 Å². The number of halogens is 1. The van der Waals surface area contributed by atoms with E-state index in [1.165, 1.54) is 13.3 Å². The van der Waals surface area contributed by atoms with Gasteiger partial charge < -0.3 is 14.0 Å². The minimum atomic E-state index is -0.267. The van der Waals surface area contributed by atoms with Crippen molar-refractivity contribution in [3.8, 4) is 0 Å². The fraction of sp³-hybridized carbons (Fsp3) is 0.571. The number of hydrogen-bond acceptors (Lipinski definition) is 6. The lowest BCUT2D eigenvalue weighted by atomic mass is 9.98. The van der Waals surface area contributed by atoms with E-state index in [1.807, 2.05) is 4.57 Å². The zero-order chi connectivity index (χ0) is 15.5. The van der Waals surface area contributed by atoms with Crippen molar-refractivity contribution in [3.63, 3.8) is 0 Å². The highest BCUT2D eigenvalue weighted by Crippen LogP contribution is 2.58. The molecule has 22 heavy (non-hydrogen) atoms. The van der Waals surface area contributed by atoms with Crippen LogP contribution in [-0.4, -0.2) is 43.8 Å². The maximum absolute atomic E-state index is 11.0. The molecule has 1 aliphatic carbocycles. The highest BCUT2D eigenvalue weighted by Gasteiger charge is 2.67. The topological polar surface area (TPSA) is 82.4 Å². The minimum Gasteiger partial charge on any atom is -0.465 e. The van der Waals surface area contributed by atoms with Gasteiger partial charge in [0.15, 0.2) is 10.8 Å². The highest BCUT2D eigenvalue weighted by atomic mass is 35.5. The van der Waals surface area contributed by atoms with Gasteiger partial charge in [-0.3, -0.25) is 4.79 Å². The van der Waals surface area contributed by atoms with Crippen LogP contribution in [0.25, 0.3) is 11.2 Å². The zero-order valence-electron chi connectivity index (χ0n) is 12.2. The van der Waals surface area contributed by atoms with Crippen molar-refractivity contribution in [1.29, 1.82) is 0 Å². The van der Waals surface area contributed by atoms with Crippen molar-refractivity contribution in [2.45, 2.75) is 38.0 Å². The van der Waals surface area contributed by atoms with E-state index < -0.39 is 0 Å². The Bertz CT molecular complexity index is 764. The van der Waals surface area contributed by atoms with Crippen molar-refractivity contribution in [2.75, 3.05) is 6.61 Å². The molecule has 0 bridgehead atoms. The molecule has 4 atom stereocenters. The van der Waals surface area contributed by atoms with Gasteiger partial charge in [-0.25, -0.2) is 15.0 Å². The van der Waals surface area contributed by atoms with Gasteiger partial charge in [-0.05, 0) is 13.3 Å². The lowest BCUT2D eigenvalue weighted by Crippen LogP contribution is -2.23. The molecular weight excluding hydrogens is 308 g/mol. The molecule has 3 heterocycles. The number of aromatic nitrogens is 4. The highest BCUT2D eigenvalue weighted by molar-refractivity contribution is 6.33. The lowest BCUT2D eigenvalue weighted by molar-refractivity contribution is -0.143. The molecule has 2 aromatic heterocycles. The van der Waals surface area contributed by atoms with E-state index in [1.54, 1.807) is 6.33 Å². The number of hydrogen-bond donors (Lipinski definition) is 0. The Morgan fingerprint density at radius 2 is 2.36 bits per heavy atom. The number of carbonyl (C=O) groups excluding carboxylic acids is 1. The molecular formula is C14H15ClN4O3. The first-order valence-corrected chi connectivity index (χ1v) is 7.52. The Morgan fingerprint density at radius 3 is 3.14 bits per heavy atom. The van der Waals surface area contributed by atoms with E-state index >= 15 is 0 Å². The second-order valence-corrected chi connectivity index (χ2v) is 6.37. The van der Waals surface area contributed by atoms with Gasteiger partial charge in [0.1, 0.15) is 23.5 Å². The molecule has 1 saturated carbocycles. The van der Waals surface area contributed by atoms with Crippen LogP contribution in [0.3, 0.4) is 0 Å². The van der Waals surface area contributed by atoms with Crippen LogP contribution in [0.4, 0.5) is 0 Å². The normalized spacial score (nSPS) is 33.0. The fourth-order valence-electron chi connectivity index (χ4n) is 3.45. The average molecular weight is 323 g/mol. The van der Waals surface area contributed by atoms with Crippen LogP contribution in [0.15, 0.2) is 12.7 Å². The lowest BCUT2D eigenvalue weighted by Gasteiger charge is -2.19. The van der Waals surface area contributed by atoms with E-state index in [4.69, 9.17) is 21.1 Å². The van der Waals surface area contributed by atoms with Crippen molar-refractivity contribution < 1.29 is 14.3 Å². The van der Waals surface area contributed by atoms with Gasteiger partial charge in [-0.2, -0.15) is 0 Å². The van der Waals surface area contributed by atoms with Crippen LogP contribution >= 0.6 is 11.6 Å². The molecule has 8 heteroatoms. The monoisotopic (exact) mass is 322 g/mol. The van der Waals surface area contributed by atoms with Gasteiger partial charge in [0.05, 0.1) is 19.0 Å². The minimum absolute atomic E-state index is 0.0826. The number of epoxide rings is 1. The van der Waals surface area contributed by atoms with Gasteiger partial charge >= 0.3 is 5.97 Å². The first kappa shape index (κ1) is 13.9. The van der Waals surface area contributed by atoms with Crippen molar-refractivity contribution >= 4 is 28.7 Å². The van der Waals surface area contributed by atoms with E-state index in [-0.39, 0.29) is 29.6 Å². The molecule has 2 fully saturated rings. The summed E-state index contributed by atoms with van der Waals surface area (Å²) in [6.45, 7) is 3.86.